The summed E-state index contributed by atoms with van der Waals surface area (Å²) in [5.41, 5.74) is 1.93. The van der Waals surface area contributed by atoms with Crippen molar-refractivity contribution in [3.05, 3.63) is 52.8 Å². The summed E-state index contributed by atoms with van der Waals surface area (Å²) in [7, 11) is 0. The summed E-state index contributed by atoms with van der Waals surface area (Å²) in [5.74, 6) is 0. The molecule has 0 atom stereocenters. The Kier molecular flexibility index (Phi) is 3.20. The highest BCUT2D eigenvalue weighted by Gasteiger charge is 2.35. The van der Waals surface area contributed by atoms with E-state index >= 15 is 0 Å². The van der Waals surface area contributed by atoms with Crippen LogP contribution < -0.4 is 0 Å². The first-order valence-corrected chi connectivity index (χ1v) is 6.78. The van der Waals surface area contributed by atoms with Gasteiger partial charge >= 0.3 is 6.18 Å². The molecule has 2 heterocycles. The second kappa shape index (κ2) is 4.83. The lowest BCUT2D eigenvalue weighted by Gasteiger charge is -2.10. The molecule has 3 rings (SSSR count). The number of hydrogen-bond acceptors (Lipinski definition) is 2. The van der Waals surface area contributed by atoms with Crippen LogP contribution in [0.15, 0.2) is 30.3 Å². The van der Waals surface area contributed by atoms with Crippen LogP contribution in [-0.2, 0) is 6.18 Å². The van der Waals surface area contributed by atoms with Crippen LogP contribution in [0, 0.1) is 20.8 Å². The number of benzene rings is 1. The number of halogens is 3. The number of hydrogen-bond donors (Lipinski definition) is 0. The van der Waals surface area contributed by atoms with Gasteiger partial charge in [0.25, 0.3) is 0 Å². The molecule has 0 aliphatic heterocycles. The van der Waals surface area contributed by atoms with Crippen molar-refractivity contribution in [2.75, 3.05) is 0 Å². The van der Waals surface area contributed by atoms with Crippen LogP contribution in [0.1, 0.15) is 22.5 Å². The lowest BCUT2D eigenvalue weighted by Crippen LogP contribution is -2.08. The Morgan fingerprint density at radius 3 is 2.23 bits per heavy atom. The maximum absolute atomic E-state index is 13.3. The number of aryl methyl sites for hydroxylation is 3. The highest BCUT2D eigenvalue weighted by Crippen LogP contribution is 2.36. The van der Waals surface area contributed by atoms with Crippen molar-refractivity contribution in [1.29, 1.82) is 0 Å². The monoisotopic (exact) mass is 305 g/mol. The predicted molar refractivity (Wildman–Crippen MR) is 78.1 cm³/mol. The van der Waals surface area contributed by atoms with E-state index in [9.17, 15) is 13.2 Å². The summed E-state index contributed by atoms with van der Waals surface area (Å²) < 4.78 is 41.3. The molecule has 114 valence electrons. The van der Waals surface area contributed by atoms with Gasteiger partial charge in [0.1, 0.15) is 0 Å². The zero-order valence-electron chi connectivity index (χ0n) is 12.4. The molecule has 1 aromatic carbocycles. The highest BCUT2D eigenvalue weighted by molar-refractivity contribution is 5.84. The highest BCUT2D eigenvalue weighted by atomic mass is 19.4. The molecule has 0 spiro atoms. The van der Waals surface area contributed by atoms with Gasteiger partial charge in [-0.1, -0.05) is 17.7 Å². The van der Waals surface area contributed by atoms with E-state index in [1.165, 1.54) is 4.68 Å². The van der Waals surface area contributed by atoms with Crippen LogP contribution in [0.25, 0.3) is 16.7 Å². The maximum Gasteiger partial charge on any atom is 0.417 e. The van der Waals surface area contributed by atoms with Gasteiger partial charge in [0.05, 0.1) is 22.3 Å². The molecule has 2 aromatic heterocycles. The SMILES string of the molecule is Cc1ccc(-n2nc(C)c3c(C(F)(F)F)cc(C)nc32)cc1. The van der Waals surface area contributed by atoms with Crippen molar-refractivity contribution in [1.82, 2.24) is 14.8 Å². The normalized spacial score (nSPS) is 12.1. The summed E-state index contributed by atoms with van der Waals surface area (Å²) in [6.07, 6.45) is -4.43. The van der Waals surface area contributed by atoms with Crippen LogP contribution in [0.2, 0.25) is 0 Å². The van der Waals surface area contributed by atoms with E-state index in [1.54, 1.807) is 13.8 Å². The topological polar surface area (TPSA) is 30.7 Å². The van der Waals surface area contributed by atoms with Crippen LogP contribution in [0.3, 0.4) is 0 Å². The van der Waals surface area contributed by atoms with E-state index in [-0.39, 0.29) is 11.0 Å². The fourth-order valence-corrected chi connectivity index (χ4v) is 2.50. The molecule has 0 saturated carbocycles. The summed E-state index contributed by atoms with van der Waals surface area (Å²) in [6.45, 7) is 5.07. The standard InChI is InChI=1S/C16H14F3N3/c1-9-4-6-12(7-5-9)22-15-14(11(3)21-22)13(16(17,18)19)8-10(2)20-15/h4-8H,1-3H3. The molecule has 0 unspecified atom stereocenters. The van der Waals surface area contributed by atoms with Crippen LogP contribution in [0.5, 0.6) is 0 Å². The third-order valence-electron chi connectivity index (χ3n) is 3.52. The first kappa shape index (κ1) is 14.6. The second-order valence-corrected chi connectivity index (χ2v) is 5.34. The van der Waals surface area contributed by atoms with E-state index < -0.39 is 11.7 Å². The molecular formula is C16H14F3N3. The summed E-state index contributed by atoms with van der Waals surface area (Å²) in [6, 6.07) is 8.48. The Morgan fingerprint density at radius 1 is 1.00 bits per heavy atom. The second-order valence-electron chi connectivity index (χ2n) is 5.34. The predicted octanol–water partition coefficient (Wildman–Crippen LogP) is 4.36. The van der Waals surface area contributed by atoms with Gasteiger partial charge in [-0.3, -0.25) is 0 Å². The minimum Gasteiger partial charge on any atom is -0.233 e. The molecular weight excluding hydrogens is 291 g/mol. The smallest absolute Gasteiger partial charge is 0.233 e. The van der Waals surface area contributed by atoms with E-state index in [2.05, 4.69) is 10.1 Å². The summed E-state index contributed by atoms with van der Waals surface area (Å²) >= 11 is 0. The molecule has 0 N–H and O–H groups in total. The van der Waals surface area contributed by atoms with Gasteiger partial charge < -0.3 is 0 Å². The molecule has 22 heavy (non-hydrogen) atoms. The number of fused-ring (bicyclic) bond motifs is 1. The van der Waals surface area contributed by atoms with Crippen LogP contribution in [-0.4, -0.2) is 14.8 Å². The molecule has 3 aromatic rings. The van der Waals surface area contributed by atoms with Gasteiger partial charge in [-0.05, 0) is 39.0 Å². The zero-order chi connectivity index (χ0) is 16.1. The zero-order valence-corrected chi connectivity index (χ0v) is 12.4. The Morgan fingerprint density at radius 2 is 1.64 bits per heavy atom. The summed E-state index contributed by atoms with van der Waals surface area (Å²) in [5, 5.41) is 4.31. The largest absolute Gasteiger partial charge is 0.417 e. The van der Waals surface area contributed by atoms with Crippen molar-refractivity contribution < 1.29 is 13.2 Å². The third kappa shape index (κ3) is 2.34. The summed E-state index contributed by atoms with van der Waals surface area (Å²) in [4.78, 5) is 4.27. The lowest BCUT2D eigenvalue weighted by molar-refractivity contribution is -0.136. The first-order valence-electron chi connectivity index (χ1n) is 6.78. The molecule has 0 saturated heterocycles. The molecule has 0 aliphatic rings. The van der Waals surface area contributed by atoms with Crippen LogP contribution in [0.4, 0.5) is 13.2 Å². The molecule has 0 aliphatic carbocycles. The number of aromatic nitrogens is 3. The molecule has 0 amide bonds. The maximum atomic E-state index is 13.3. The van der Waals surface area contributed by atoms with E-state index in [1.807, 2.05) is 31.2 Å². The fourth-order valence-electron chi connectivity index (χ4n) is 2.50. The van der Waals surface area contributed by atoms with Crippen LogP contribution >= 0.6 is 0 Å². The first-order chi connectivity index (χ1) is 10.3. The minimum atomic E-state index is -4.43. The molecule has 6 heteroatoms. The quantitative estimate of drug-likeness (QED) is 0.668. The van der Waals surface area contributed by atoms with Gasteiger partial charge in [-0.2, -0.15) is 18.3 Å². The van der Waals surface area contributed by atoms with E-state index in [0.29, 0.717) is 17.1 Å². The van der Waals surface area contributed by atoms with Crippen molar-refractivity contribution >= 4 is 11.0 Å². The lowest BCUT2D eigenvalue weighted by atomic mass is 10.1. The number of alkyl halides is 3. The molecule has 3 nitrogen and oxygen atoms in total. The average molecular weight is 305 g/mol. The van der Waals surface area contributed by atoms with Gasteiger partial charge in [-0.25, -0.2) is 9.67 Å². The van der Waals surface area contributed by atoms with Gasteiger partial charge in [0.2, 0.25) is 0 Å². The Hall–Kier alpha value is -2.37. The number of nitrogens with zero attached hydrogens (tertiary/aromatic N) is 3. The number of pyridine rings is 1. The molecule has 0 fully saturated rings. The Bertz CT molecular complexity index is 846. The van der Waals surface area contributed by atoms with Gasteiger partial charge in [0.15, 0.2) is 5.65 Å². The fraction of sp³-hybridized carbons (Fsp3) is 0.250. The minimum absolute atomic E-state index is 0.0543. The van der Waals surface area contributed by atoms with Crippen molar-refractivity contribution in [2.24, 2.45) is 0 Å². The number of rotatable bonds is 1. The molecule has 0 radical (unpaired) electrons. The Labute approximate surface area is 125 Å². The van der Waals surface area contributed by atoms with E-state index in [0.717, 1.165) is 11.6 Å². The van der Waals surface area contributed by atoms with Crippen molar-refractivity contribution in [3.8, 4) is 5.69 Å². The van der Waals surface area contributed by atoms with E-state index in [4.69, 9.17) is 0 Å². The average Bonchev–Trinajstić information content (AvgIpc) is 2.75. The third-order valence-corrected chi connectivity index (χ3v) is 3.52. The Balaban J connectivity index is 2.35. The molecule has 0 bridgehead atoms. The van der Waals surface area contributed by atoms with Crippen molar-refractivity contribution in [3.63, 3.8) is 0 Å². The van der Waals surface area contributed by atoms with Gasteiger partial charge in [-0.15, -0.1) is 0 Å². The van der Waals surface area contributed by atoms with Gasteiger partial charge in [0, 0.05) is 5.69 Å². The van der Waals surface area contributed by atoms with Crippen molar-refractivity contribution in [2.45, 2.75) is 26.9 Å².